The van der Waals surface area contributed by atoms with Gasteiger partial charge in [0.15, 0.2) is 14.9 Å². The number of hydrogen-bond donors (Lipinski definition) is 1. The highest BCUT2D eigenvalue weighted by Crippen LogP contribution is 2.19. The summed E-state index contributed by atoms with van der Waals surface area (Å²) >= 11 is 0. The number of amides is 1. The normalized spacial score (nSPS) is 13.6. The summed E-state index contributed by atoms with van der Waals surface area (Å²) < 4.78 is 28.3. The number of alkyl carbamates (subject to hydrolysis) is 1. The van der Waals surface area contributed by atoms with Gasteiger partial charge in [-0.25, -0.2) is 18.2 Å². The summed E-state index contributed by atoms with van der Waals surface area (Å²) in [5.74, 6) is 0. The molecular weight excluding hydrogens is 292 g/mol. The predicted octanol–water partition coefficient (Wildman–Crippen LogP) is 2.46. The van der Waals surface area contributed by atoms with Gasteiger partial charge in [0.1, 0.15) is 5.60 Å². The third-order valence-corrected chi connectivity index (χ3v) is 3.62. The number of nitrogens with one attached hydrogen (secondary N) is 1. The van der Waals surface area contributed by atoms with Crippen molar-refractivity contribution in [1.29, 1.82) is 0 Å². The molecule has 1 rings (SSSR count). The number of pyridine rings is 1. The Labute approximate surface area is 125 Å². The molecule has 0 bridgehead atoms. The molecule has 7 heteroatoms. The number of rotatable bonds is 4. The van der Waals surface area contributed by atoms with Gasteiger partial charge in [-0.05, 0) is 44.9 Å². The first-order chi connectivity index (χ1) is 9.53. The molecule has 0 saturated heterocycles. The fourth-order valence-corrected chi connectivity index (χ4v) is 2.32. The minimum Gasteiger partial charge on any atom is -0.444 e. The minimum absolute atomic E-state index is 0.00978. The first-order valence-corrected chi connectivity index (χ1v) is 8.57. The van der Waals surface area contributed by atoms with Crippen molar-refractivity contribution in [3.63, 3.8) is 0 Å². The van der Waals surface area contributed by atoms with Crippen LogP contribution >= 0.6 is 0 Å². The highest BCUT2D eigenvalue weighted by Gasteiger charge is 2.20. The molecule has 1 amide bonds. The van der Waals surface area contributed by atoms with E-state index >= 15 is 0 Å². The second-order valence-electron chi connectivity index (χ2n) is 5.81. The zero-order chi connectivity index (χ0) is 16.3. The molecule has 1 atom stereocenters. The van der Waals surface area contributed by atoms with Gasteiger partial charge in [-0.2, -0.15) is 0 Å². The molecule has 0 aliphatic carbocycles. The summed E-state index contributed by atoms with van der Waals surface area (Å²) in [4.78, 5) is 15.6. The van der Waals surface area contributed by atoms with Gasteiger partial charge in [0.25, 0.3) is 0 Å². The lowest BCUT2D eigenvalue weighted by molar-refractivity contribution is 0.0502. The lowest BCUT2D eigenvalue weighted by Crippen LogP contribution is -2.34. The van der Waals surface area contributed by atoms with Crippen LogP contribution in [0.25, 0.3) is 0 Å². The first kappa shape index (κ1) is 17.4. The second-order valence-corrected chi connectivity index (χ2v) is 7.77. The van der Waals surface area contributed by atoms with E-state index < -0.39 is 21.5 Å². The Kier molecular flexibility index (Phi) is 5.33. The van der Waals surface area contributed by atoms with Crippen molar-refractivity contribution in [2.75, 3.05) is 6.26 Å². The van der Waals surface area contributed by atoms with Gasteiger partial charge in [-0.1, -0.05) is 6.92 Å². The molecule has 1 aromatic heterocycles. The number of sulfone groups is 1. The van der Waals surface area contributed by atoms with Crippen molar-refractivity contribution in [2.24, 2.45) is 0 Å². The summed E-state index contributed by atoms with van der Waals surface area (Å²) in [6, 6.07) is 2.82. The lowest BCUT2D eigenvalue weighted by atomic mass is 10.1. The van der Waals surface area contributed by atoms with Crippen molar-refractivity contribution in [3.8, 4) is 0 Å². The Morgan fingerprint density at radius 2 is 2.05 bits per heavy atom. The number of carbonyl (C=O) groups excluding carboxylic acids is 1. The highest BCUT2D eigenvalue weighted by atomic mass is 32.2. The SMILES string of the molecule is CCC(NC(=O)OC(C)(C)C)c1ccnc(S(C)(=O)=O)c1. The van der Waals surface area contributed by atoms with E-state index in [1.54, 1.807) is 26.8 Å². The molecule has 21 heavy (non-hydrogen) atoms. The number of ether oxygens (including phenoxy) is 1. The van der Waals surface area contributed by atoms with E-state index in [1.807, 2.05) is 6.92 Å². The Bertz CT molecular complexity index is 606. The molecule has 0 aliphatic rings. The Balaban J connectivity index is 2.93. The van der Waals surface area contributed by atoms with Gasteiger partial charge >= 0.3 is 6.09 Å². The largest absolute Gasteiger partial charge is 0.444 e. The number of nitrogens with zero attached hydrogens (tertiary/aromatic N) is 1. The van der Waals surface area contributed by atoms with Crippen LogP contribution in [0.1, 0.15) is 45.7 Å². The number of aromatic nitrogens is 1. The van der Waals surface area contributed by atoms with Crippen LogP contribution in [0.5, 0.6) is 0 Å². The zero-order valence-electron chi connectivity index (χ0n) is 13.0. The molecule has 0 radical (unpaired) electrons. The van der Waals surface area contributed by atoms with Crippen LogP contribution in [0, 0.1) is 0 Å². The molecule has 0 saturated carbocycles. The van der Waals surface area contributed by atoms with E-state index in [1.165, 1.54) is 12.3 Å². The van der Waals surface area contributed by atoms with Gasteiger partial charge in [-0.3, -0.25) is 0 Å². The topological polar surface area (TPSA) is 85.4 Å². The summed E-state index contributed by atoms with van der Waals surface area (Å²) in [5.41, 5.74) is 0.0946. The van der Waals surface area contributed by atoms with E-state index in [4.69, 9.17) is 4.74 Å². The fourth-order valence-electron chi connectivity index (χ4n) is 1.72. The van der Waals surface area contributed by atoms with E-state index in [2.05, 4.69) is 10.3 Å². The van der Waals surface area contributed by atoms with Gasteiger partial charge in [-0.15, -0.1) is 0 Å². The van der Waals surface area contributed by atoms with Crippen LogP contribution in [0.15, 0.2) is 23.4 Å². The minimum atomic E-state index is -3.38. The summed E-state index contributed by atoms with van der Waals surface area (Å²) in [6.45, 7) is 7.23. The quantitative estimate of drug-likeness (QED) is 0.922. The average molecular weight is 314 g/mol. The van der Waals surface area contributed by atoms with E-state index in [0.717, 1.165) is 6.26 Å². The highest BCUT2D eigenvalue weighted by molar-refractivity contribution is 7.90. The second kappa shape index (κ2) is 6.43. The van der Waals surface area contributed by atoms with Crippen molar-refractivity contribution in [3.05, 3.63) is 23.9 Å². The van der Waals surface area contributed by atoms with Crippen LogP contribution in [0.4, 0.5) is 4.79 Å². The Morgan fingerprint density at radius 3 is 2.52 bits per heavy atom. The molecule has 1 aromatic rings. The van der Waals surface area contributed by atoms with E-state index in [9.17, 15) is 13.2 Å². The Morgan fingerprint density at radius 1 is 1.43 bits per heavy atom. The van der Waals surface area contributed by atoms with Gasteiger partial charge in [0, 0.05) is 12.5 Å². The van der Waals surface area contributed by atoms with Gasteiger partial charge in [0.2, 0.25) is 0 Å². The van der Waals surface area contributed by atoms with Crippen LogP contribution < -0.4 is 5.32 Å². The molecule has 118 valence electrons. The molecule has 1 N–H and O–H groups in total. The molecule has 0 aromatic carbocycles. The fraction of sp³-hybridized carbons (Fsp3) is 0.571. The first-order valence-electron chi connectivity index (χ1n) is 6.68. The maximum Gasteiger partial charge on any atom is 0.408 e. The standard InChI is InChI=1S/C14H22N2O4S/c1-6-11(16-13(17)20-14(2,3)4)10-7-8-15-12(9-10)21(5,18)19/h7-9,11H,6H2,1-5H3,(H,16,17). The smallest absolute Gasteiger partial charge is 0.408 e. The molecular formula is C14H22N2O4S. The Hall–Kier alpha value is -1.63. The van der Waals surface area contributed by atoms with Gasteiger partial charge < -0.3 is 10.1 Å². The van der Waals surface area contributed by atoms with Crippen molar-refractivity contribution in [1.82, 2.24) is 10.3 Å². The van der Waals surface area contributed by atoms with Crippen LogP contribution in [0.2, 0.25) is 0 Å². The monoisotopic (exact) mass is 314 g/mol. The molecule has 0 aliphatic heterocycles. The third-order valence-electron chi connectivity index (χ3n) is 2.64. The van der Waals surface area contributed by atoms with Crippen LogP contribution in [0.3, 0.4) is 0 Å². The number of hydrogen-bond acceptors (Lipinski definition) is 5. The summed E-state index contributed by atoms with van der Waals surface area (Å²) in [7, 11) is -3.38. The molecule has 1 unspecified atom stereocenters. The lowest BCUT2D eigenvalue weighted by Gasteiger charge is -2.23. The van der Waals surface area contributed by atoms with Crippen molar-refractivity contribution in [2.45, 2.75) is 50.8 Å². The van der Waals surface area contributed by atoms with E-state index in [0.29, 0.717) is 12.0 Å². The summed E-state index contributed by atoms with van der Waals surface area (Å²) in [6.07, 6.45) is 2.59. The van der Waals surface area contributed by atoms with Crippen molar-refractivity contribution < 1.29 is 17.9 Å². The van der Waals surface area contributed by atoms with Crippen LogP contribution in [-0.2, 0) is 14.6 Å². The maximum absolute atomic E-state index is 11.8. The molecule has 1 heterocycles. The molecule has 0 fully saturated rings. The summed E-state index contributed by atoms with van der Waals surface area (Å²) in [5, 5.41) is 2.72. The zero-order valence-corrected chi connectivity index (χ0v) is 13.8. The average Bonchev–Trinajstić information content (AvgIpc) is 2.33. The predicted molar refractivity (Wildman–Crippen MR) is 79.7 cm³/mol. The van der Waals surface area contributed by atoms with E-state index in [-0.39, 0.29) is 11.1 Å². The van der Waals surface area contributed by atoms with Crippen LogP contribution in [-0.4, -0.2) is 31.4 Å². The third kappa shape index (κ3) is 5.71. The molecule has 0 spiro atoms. The van der Waals surface area contributed by atoms with Gasteiger partial charge in [0.05, 0.1) is 6.04 Å². The maximum atomic E-state index is 11.8. The molecule has 6 nitrogen and oxygen atoms in total. The van der Waals surface area contributed by atoms with Crippen molar-refractivity contribution >= 4 is 15.9 Å². The number of carbonyl (C=O) groups is 1.